The molecule has 4 heteroatoms. The highest BCUT2D eigenvalue weighted by Crippen LogP contribution is 2.02. The molecular formula is C15H24N3S+. The number of hydrogen-bond acceptors (Lipinski definition) is 1. The van der Waals surface area contributed by atoms with Crippen LogP contribution in [0.1, 0.15) is 18.1 Å². The first-order chi connectivity index (χ1) is 9.19. The minimum absolute atomic E-state index is 0.912. The van der Waals surface area contributed by atoms with Crippen LogP contribution in [0, 0.1) is 6.92 Å². The van der Waals surface area contributed by atoms with Gasteiger partial charge < -0.3 is 15.1 Å². The summed E-state index contributed by atoms with van der Waals surface area (Å²) in [6, 6.07) is 8.84. The molecule has 2 rings (SSSR count). The molecule has 0 saturated carbocycles. The van der Waals surface area contributed by atoms with Gasteiger partial charge in [0.15, 0.2) is 5.11 Å². The quantitative estimate of drug-likeness (QED) is 0.790. The van der Waals surface area contributed by atoms with Crippen LogP contribution < -0.4 is 10.2 Å². The van der Waals surface area contributed by atoms with Crippen molar-refractivity contribution in [1.29, 1.82) is 0 Å². The van der Waals surface area contributed by atoms with Crippen LogP contribution in [0.4, 0.5) is 0 Å². The summed E-state index contributed by atoms with van der Waals surface area (Å²) in [6.07, 6.45) is 0. The van der Waals surface area contributed by atoms with E-state index in [4.69, 9.17) is 12.2 Å². The van der Waals surface area contributed by atoms with Crippen molar-refractivity contribution in [2.75, 3.05) is 32.7 Å². The van der Waals surface area contributed by atoms with Crippen LogP contribution in [0.3, 0.4) is 0 Å². The number of thiocarbonyl (C=S) groups is 1. The smallest absolute Gasteiger partial charge is 0.169 e. The molecule has 0 spiro atoms. The molecule has 0 bridgehead atoms. The van der Waals surface area contributed by atoms with Crippen molar-refractivity contribution in [2.24, 2.45) is 0 Å². The van der Waals surface area contributed by atoms with E-state index in [1.807, 2.05) is 0 Å². The fraction of sp³-hybridized carbons (Fsp3) is 0.533. The topological polar surface area (TPSA) is 19.7 Å². The number of hydrogen-bond donors (Lipinski definition) is 2. The Balaban J connectivity index is 1.82. The number of nitrogens with zero attached hydrogens (tertiary/aromatic N) is 1. The Morgan fingerprint density at radius 3 is 2.74 bits per heavy atom. The normalized spacial score (nSPS) is 16.4. The zero-order valence-corrected chi connectivity index (χ0v) is 12.7. The maximum atomic E-state index is 5.36. The molecule has 0 radical (unpaired) electrons. The highest BCUT2D eigenvalue weighted by atomic mass is 32.1. The van der Waals surface area contributed by atoms with Gasteiger partial charge in [0.2, 0.25) is 0 Å². The molecule has 0 unspecified atom stereocenters. The van der Waals surface area contributed by atoms with E-state index in [-0.39, 0.29) is 0 Å². The second kappa shape index (κ2) is 6.87. The van der Waals surface area contributed by atoms with E-state index >= 15 is 0 Å². The number of piperazine rings is 1. The summed E-state index contributed by atoms with van der Waals surface area (Å²) in [4.78, 5) is 3.94. The summed E-state index contributed by atoms with van der Waals surface area (Å²) in [7, 11) is 0. The van der Waals surface area contributed by atoms with Crippen molar-refractivity contribution in [1.82, 2.24) is 10.2 Å². The van der Waals surface area contributed by atoms with E-state index in [1.165, 1.54) is 24.2 Å². The van der Waals surface area contributed by atoms with Crippen molar-refractivity contribution in [2.45, 2.75) is 20.4 Å². The Labute approximate surface area is 121 Å². The van der Waals surface area contributed by atoms with E-state index in [1.54, 1.807) is 4.90 Å². The molecule has 1 aromatic rings. The Bertz CT molecular complexity index is 425. The van der Waals surface area contributed by atoms with Crippen LogP contribution >= 0.6 is 12.2 Å². The lowest BCUT2D eigenvalue weighted by Crippen LogP contribution is -3.13. The van der Waals surface area contributed by atoms with Crippen molar-refractivity contribution < 1.29 is 4.90 Å². The first-order valence-corrected chi connectivity index (χ1v) is 7.51. The lowest BCUT2D eigenvalue weighted by molar-refractivity contribution is -0.917. The van der Waals surface area contributed by atoms with Gasteiger partial charge in [-0.2, -0.15) is 0 Å². The minimum Gasteiger partial charge on any atom is -0.363 e. The number of aryl methyl sites for hydroxylation is 1. The molecule has 0 aromatic heterocycles. The number of rotatable bonds is 3. The zero-order valence-electron chi connectivity index (χ0n) is 11.9. The van der Waals surface area contributed by atoms with Crippen molar-refractivity contribution in [3.05, 3.63) is 35.4 Å². The Morgan fingerprint density at radius 2 is 2.11 bits per heavy atom. The lowest BCUT2D eigenvalue weighted by atomic mass is 10.1. The van der Waals surface area contributed by atoms with Gasteiger partial charge in [-0.25, -0.2) is 0 Å². The van der Waals surface area contributed by atoms with Gasteiger partial charge in [0, 0.05) is 12.1 Å². The van der Waals surface area contributed by atoms with E-state index in [0.29, 0.717) is 0 Å². The van der Waals surface area contributed by atoms with Crippen LogP contribution in [0.15, 0.2) is 24.3 Å². The third-order valence-electron chi connectivity index (χ3n) is 3.62. The monoisotopic (exact) mass is 278 g/mol. The van der Waals surface area contributed by atoms with Gasteiger partial charge in [0.25, 0.3) is 0 Å². The second-order valence-electron chi connectivity index (χ2n) is 5.24. The van der Waals surface area contributed by atoms with Crippen molar-refractivity contribution in [3.8, 4) is 0 Å². The molecule has 1 saturated heterocycles. The van der Waals surface area contributed by atoms with Crippen LogP contribution in [-0.2, 0) is 6.54 Å². The first-order valence-electron chi connectivity index (χ1n) is 7.11. The third kappa shape index (κ3) is 4.18. The highest BCUT2D eigenvalue weighted by molar-refractivity contribution is 7.80. The fourth-order valence-electron chi connectivity index (χ4n) is 2.58. The Morgan fingerprint density at radius 1 is 1.37 bits per heavy atom. The molecule has 1 aliphatic heterocycles. The van der Waals surface area contributed by atoms with Crippen LogP contribution in [-0.4, -0.2) is 42.7 Å². The van der Waals surface area contributed by atoms with Gasteiger partial charge in [-0.3, -0.25) is 0 Å². The van der Waals surface area contributed by atoms with Crippen LogP contribution in [0.2, 0.25) is 0 Å². The molecule has 19 heavy (non-hydrogen) atoms. The van der Waals surface area contributed by atoms with E-state index in [9.17, 15) is 0 Å². The molecule has 1 fully saturated rings. The Hall–Kier alpha value is -1.13. The molecule has 3 nitrogen and oxygen atoms in total. The average Bonchev–Trinajstić information content (AvgIpc) is 2.40. The summed E-state index contributed by atoms with van der Waals surface area (Å²) in [5.41, 5.74) is 2.79. The first kappa shape index (κ1) is 14.3. The summed E-state index contributed by atoms with van der Waals surface area (Å²) in [6.45, 7) is 10.7. The minimum atomic E-state index is 0.912. The van der Waals surface area contributed by atoms with Gasteiger partial charge >= 0.3 is 0 Å². The molecule has 0 atom stereocenters. The van der Waals surface area contributed by atoms with Crippen LogP contribution in [0.5, 0.6) is 0 Å². The molecular weight excluding hydrogens is 254 g/mol. The molecule has 0 aliphatic carbocycles. The molecule has 0 amide bonds. The summed E-state index contributed by atoms with van der Waals surface area (Å²) >= 11 is 5.36. The van der Waals surface area contributed by atoms with E-state index < -0.39 is 0 Å². The zero-order chi connectivity index (χ0) is 13.7. The predicted molar refractivity (Wildman–Crippen MR) is 83.4 cm³/mol. The predicted octanol–water partition coefficient (Wildman–Crippen LogP) is 0.590. The molecule has 1 aromatic carbocycles. The van der Waals surface area contributed by atoms with Gasteiger partial charge in [-0.05, 0) is 26.1 Å². The number of benzene rings is 1. The second-order valence-corrected chi connectivity index (χ2v) is 5.63. The lowest BCUT2D eigenvalue weighted by Gasteiger charge is -2.33. The van der Waals surface area contributed by atoms with E-state index in [0.717, 1.165) is 31.3 Å². The maximum Gasteiger partial charge on any atom is 0.169 e. The number of quaternary nitrogens is 1. The molecule has 2 N–H and O–H groups in total. The largest absolute Gasteiger partial charge is 0.363 e. The van der Waals surface area contributed by atoms with Gasteiger partial charge in [-0.1, -0.05) is 29.8 Å². The molecule has 104 valence electrons. The molecule has 1 aliphatic rings. The van der Waals surface area contributed by atoms with Crippen molar-refractivity contribution in [3.63, 3.8) is 0 Å². The van der Waals surface area contributed by atoms with Gasteiger partial charge in [-0.15, -0.1) is 0 Å². The standard InChI is InChI=1S/C15H23N3S/c1-3-16-15(19)18-9-7-17(8-10-18)12-14-6-4-5-13(2)11-14/h4-6,11H,3,7-10,12H2,1-2H3,(H,16,19)/p+1. The average molecular weight is 278 g/mol. The maximum absolute atomic E-state index is 5.36. The summed E-state index contributed by atoms with van der Waals surface area (Å²) < 4.78 is 0. The molecule has 1 heterocycles. The summed E-state index contributed by atoms with van der Waals surface area (Å²) in [5, 5.41) is 4.15. The Kier molecular flexibility index (Phi) is 5.16. The van der Waals surface area contributed by atoms with Gasteiger partial charge in [0.05, 0.1) is 26.2 Å². The van der Waals surface area contributed by atoms with Crippen LogP contribution in [0.25, 0.3) is 0 Å². The fourth-order valence-corrected chi connectivity index (χ4v) is 2.90. The number of nitrogens with one attached hydrogen (secondary N) is 2. The highest BCUT2D eigenvalue weighted by Gasteiger charge is 2.21. The summed E-state index contributed by atoms with van der Waals surface area (Å²) in [5.74, 6) is 0. The third-order valence-corrected chi connectivity index (χ3v) is 4.02. The van der Waals surface area contributed by atoms with E-state index in [2.05, 4.69) is 48.3 Å². The van der Waals surface area contributed by atoms with Crippen molar-refractivity contribution >= 4 is 17.3 Å². The van der Waals surface area contributed by atoms with Gasteiger partial charge in [0.1, 0.15) is 6.54 Å². The SMILES string of the molecule is CCNC(=S)N1CC[NH+](Cc2cccc(C)c2)CC1.